The molecule has 2 heterocycles. The molecular formula is C24H34O5SSi. The van der Waals surface area contributed by atoms with Crippen molar-refractivity contribution in [3.05, 3.63) is 54.6 Å². The molecule has 0 aromatic heterocycles. The monoisotopic (exact) mass is 462 g/mol. The van der Waals surface area contributed by atoms with E-state index in [1.165, 1.54) is 0 Å². The minimum absolute atomic E-state index is 0.0587. The molecule has 0 unspecified atom stereocenters. The number of benzene rings is 1. The fraction of sp³-hybridized carbons (Fsp3) is 0.583. The highest BCUT2D eigenvalue weighted by atomic mass is 32.2. The van der Waals surface area contributed by atoms with Crippen molar-refractivity contribution >= 4 is 18.2 Å². The Labute approximate surface area is 187 Å². The Kier molecular flexibility index (Phi) is 5.67. The second-order valence-corrected chi connectivity index (χ2v) is 17.4. The zero-order valence-corrected chi connectivity index (χ0v) is 20.9. The number of fused-ring (bicyclic) bond motifs is 2. The van der Waals surface area contributed by atoms with Crippen LogP contribution in [0.4, 0.5) is 0 Å². The number of rotatable bonds is 7. The van der Waals surface area contributed by atoms with Crippen molar-refractivity contribution in [2.75, 3.05) is 6.61 Å². The van der Waals surface area contributed by atoms with Crippen LogP contribution in [-0.2, 0) is 23.7 Å². The molecule has 0 amide bonds. The van der Waals surface area contributed by atoms with Crippen LogP contribution < -0.4 is 0 Å². The van der Waals surface area contributed by atoms with Gasteiger partial charge in [-0.1, -0.05) is 51.1 Å². The third kappa shape index (κ3) is 4.11. The Hall–Kier alpha value is -1.25. The molecule has 3 atom stereocenters. The molecule has 1 aromatic rings. The van der Waals surface area contributed by atoms with Crippen molar-refractivity contribution in [1.82, 2.24) is 0 Å². The summed E-state index contributed by atoms with van der Waals surface area (Å²) in [4.78, 5) is 0.303. The van der Waals surface area contributed by atoms with E-state index >= 15 is 0 Å². The highest BCUT2D eigenvalue weighted by Crippen LogP contribution is 2.52. The van der Waals surface area contributed by atoms with Crippen LogP contribution in [0.15, 0.2) is 59.5 Å². The topological polar surface area (TPSA) is 61.8 Å². The third-order valence-electron chi connectivity index (χ3n) is 7.21. The molecule has 31 heavy (non-hydrogen) atoms. The second kappa shape index (κ2) is 7.66. The first-order valence-corrected chi connectivity index (χ1v) is 15.5. The van der Waals surface area contributed by atoms with Gasteiger partial charge in [0, 0.05) is 6.42 Å². The van der Waals surface area contributed by atoms with Crippen LogP contribution in [0.5, 0.6) is 0 Å². The van der Waals surface area contributed by atoms with Crippen molar-refractivity contribution in [3.63, 3.8) is 0 Å². The van der Waals surface area contributed by atoms with Crippen LogP contribution in [0, 0.1) is 0 Å². The fourth-order valence-electron chi connectivity index (χ4n) is 4.24. The smallest absolute Gasteiger partial charge is 0.206 e. The van der Waals surface area contributed by atoms with Gasteiger partial charge in [-0.15, -0.1) is 0 Å². The van der Waals surface area contributed by atoms with E-state index in [0.29, 0.717) is 17.9 Å². The van der Waals surface area contributed by atoms with E-state index in [1.54, 1.807) is 24.3 Å². The fourth-order valence-corrected chi connectivity index (χ4v) is 7.26. The lowest BCUT2D eigenvalue weighted by Gasteiger charge is -2.38. The molecular weight excluding hydrogens is 428 g/mol. The number of hydrogen-bond acceptors (Lipinski definition) is 5. The van der Waals surface area contributed by atoms with Gasteiger partial charge in [0.05, 0.1) is 17.6 Å². The van der Waals surface area contributed by atoms with Crippen molar-refractivity contribution in [2.24, 2.45) is 0 Å². The van der Waals surface area contributed by atoms with E-state index in [4.69, 9.17) is 13.9 Å². The molecule has 5 nitrogen and oxygen atoms in total. The average Bonchev–Trinajstić information content (AvgIpc) is 3.41. The van der Waals surface area contributed by atoms with Gasteiger partial charge < -0.3 is 13.9 Å². The number of sulfone groups is 1. The lowest BCUT2D eigenvalue weighted by atomic mass is 9.94. The van der Waals surface area contributed by atoms with Gasteiger partial charge >= 0.3 is 0 Å². The van der Waals surface area contributed by atoms with E-state index in [1.807, 2.05) is 18.2 Å². The first-order chi connectivity index (χ1) is 14.4. The molecule has 4 rings (SSSR count). The van der Waals surface area contributed by atoms with Gasteiger partial charge in [0.25, 0.3) is 0 Å². The van der Waals surface area contributed by atoms with Gasteiger partial charge in [-0.25, -0.2) is 8.42 Å². The lowest BCUT2D eigenvalue weighted by molar-refractivity contribution is -0.221. The molecule has 7 heteroatoms. The van der Waals surface area contributed by atoms with Crippen LogP contribution in [0.2, 0.25) is 18.1 Å². The highest BCUT2D eigenvalue weighted by Gasteiger charge is 2.64. The summed E-state index contributed by atoms with van der Waals surface area (Å²) in [6, 6.07) is 8.62. The molecule has 0 spiro atoms. The number of hydrogen-bond donors (Lipinski definition) is 0. The summed E-state index contributed by atoms with van der Waals surface area (Å²) in [5.41, 5.74) is -0.784. The molecule has 2 aliphatic heterocycles. The zero-order chi connectivity index (χ0) is 22.5. The predicted molar refractivity (Wildman–Crippen MR) is 124 cm³/mol. The highest BCUT2D eigenvalue weighted by molar-refractivity contribution is 7.92. The van der Waals surface area contributed by atoms with Crippen LogP contribution in [0.3, 0.4) is 0 Å². The van der Waals surface area contributed by atoms with Gasteiger partial charge in [-0.2, -0.15) is 0 Å². The maximum Gasteiger partial charge on any atom is 0.206 e. The predicted octanol–water partition coefficient (Wildman–Crippen LogP) is 5.01. The minimum atomic E-state index is -3.66. The summed E-state index contributed by atoms with van der Waals surface area (Å²) in [7, 11) is -5.68. The van der Waals surface area contributed by atoms with Crippen molar-refractivity contribution in [3.8, 4) is 0 Å². The van der Waals surface area contributed by atoms with Gasteiger partial charge in [0.1, 0.15) is 10.9 Å². The molecule has 2 bridgehead atoms. The summed E-state index contributed by atoms with van der Waals surface area (Å²) >= 11 is 0. The van der Waals surface area contributed by atoms with Crippen molar-refractivity contribution in [1.29, 1.82) is 0 Å². The summed E-state index contributed by atoms with van der Waals surface area (Å²) in [6.45, 7) is 11.3. The zero-order valence-electron chi connectivity index (χ0n) is 19.1. The average molecular weight is 463 g/mol. The molecule has 0 saturated carbocycles. The second-order valence-electron chi connectivity index (χ2n) is 10.5. The van der Waals surface area contributed by atoms with Crippen LogP contribution in [-0.4, -0.2) is 46.1 Å². The summed E-state index contributed by atoms with van der Waals surface area (Å²) in [6.07, 6.45) is 9.74. The Morgan fingerprint density at radius 1 is 1.10 bits per heavy atom. The Morgan fingerprint density at radius 3 is 2.35 bits per heavy atom. The number of ether oxygens (including phenoxy) is 2. The maximum absolute atomic E-state index is 13.7. The first-order valence-electron chi connectivity index (χ1n) is 11.1. The van der Waals surface area contributed by atoms with E-state index < -0.39 is 34.8 Å². The first kappa shape index (κ1) is 22.9. The molecule has 1 aromatic carbocycles. The third-order valence-corrected chi connectivity index (χ3v) is 13.9. The van der Waals surface area contributed by atoms with E-state index in [0.717, 1.165) is 12.8 Å². The quantitative estimate of drug-likeness (QED) is 0.421. The van der Waals surface area contributed by atoms with Gasteiger partial charge in [-0.3, -0.25) is 0 Å². The molecule has 1 fully saturated rings. The molecule has 3 aliphatic rings. The van der Waals surface area contributed by atoms with Crippen LogP contribution in [0.1, 0.15) is 40.0 Å². The SMILES string of the molecule is CC(C)(C)[Si](C)(C)OC[C@]12C=C[C@](OC3CC=CC3)(O1)[C@@H](S(=O)(=O)c1ccccc1)C2. The Balaban J connectivity index is 1.64. The molecule has 0 radical (unpaired) electrons. The lowest BCUT2D eigenvalue weighted by Crippen LogP contribution is -2.46. The van der Waals surface area contributed by atoms with Crippen LogP contribution in [0.25, 0.3) is 0 Å². The molecule has 1 saturated heterocycles. The van der Waals surface area contributed by atoms with Gasteiger partial charge in [0.15, 0.2) is 18.2 Å². The maximum atomic E-state index is 13.7. The van der Waals surface area contributed by atoms with E-state index in [-0.39, 0.29) is 11.1 Å². The Bertz CT molecular complexity index is 971. The van der Waals surface area contributed by atoms with Gasteiger partial charge in [-0.05, 0) is 55.3 Å². The van der Waals surface area contributed by atoms with Crippen molar-refractivity contribution < 1.29 is 22.3 Å². The standard InChI is InChI=1S/C24H34O5SSi/c1-22(2,3)31(4,5)27-18-23-15-16-24(29-23,28-19-11-9-10-12-19)21(17-23)30(25,26)20-13-7-6-8-14-20/h6-10,13-16,19,21H,11-12,17-18H2,1-5H3/t21-,23+,24-/m0/s1. The summed E-state index contributed by atoms with van der Waals surface area (Å²) < 4.78 is 46.7. The Morgan fingerprint density at radius 2 is 1.74 bits per heavy atom. The largest absolute Gasteiger partial charge is 0.414 e. The molecule has 0 N–H and O–H groups in total. The molecule has 170 valence electrons. The van der Waals surface area contributed by atoms with Crippen molar-refractivity contribution in [2.45, 2.75) is 85.8 Å². The molecule has 1 aliphatic carbocycles. The van der Waals surface area contributed by atoms with Gasteiger partial charge in [0.2, 0.25) is 5.79 Å². The minimum Gasteiger partial charge on any atom is -0.414 e. The van der Waals surface area contributed by atoms with Crippen LogP contribution >= 0.6 is 0 Å². The van der Waals surface area contributed by atoms with E-state index in [2.05, 4.69) is 46.0 Å². The summed E-state index contributed by atoms with van der Waals surface area (Å²) in [5.74, 6) is -1.28. The van der Waals surface area contributed by atoms with E-state index in [9.17, 15) is 8.42 Å². The normalized spacial score (nSPS) is 31.1. The summed E-state index contributed by atoms with van der Waals surface area (Å²) in [5, 5.41) is -0.751.